The number of para-hydroxylation sites is 1. The van der Waals surface area contributed by atoms with E-state index in [0.29, 0.717) is 4.90 Å². The van der Waals surface area contributed by atoms with Crippen LogP contribution in [-0.2, 0) is 10.8 Å². The van der Waals surface area contributed by atoms with E-state index in [1.54, 1.807) is 0 Å². The molecule has 73 heavy (non-hydrogen) atoms. The van der Waals surface area contributed by atoms with Gasteiger partial charge in [-0.3, -0.25) is 0 Å². The summed E-state index contributed by atoms with van der Waals surface area (Å²) in [5, 5.41) is -1.01. The molecule has 0 N–H and O–H groups in total. The molecule has 0 radical (unpaired) electrons. The fourth-order valence-corrected chi connectivity index (χ4v) is 10.1. The van der Waals surface area contributed by atoms with Crippen LogP contribution < -0.4 is 4.90 Å². The summed E-state index contributed by atoms with van der Waals surface area (Å²) in [5.74, 6) is 0. The van der Waals surface area contributed by atoms with Crippen molar-refractivity contribution >= 4 is 27.8 Å². The number of hydrogen-bond donors (Lipinski definition) is 0. The standard InChI is InChI=1S/C72H49N/c1-6-23-53(24-7-1)71(54-25-8-2-9-26-54)66-36-20-18-34-62(66)64-46-41-52(48-68(64)71)70-60-33-17-16-22-50(60)40-45-61(70)51-38-42-58(43-39-51)73(57-31-14-5-15-32-57)59-44-47-65-63-35-19-21-37-67(63)72(69(65)49-59,55-27-10-3-11-28-55)56-29-12-4-13-30-56/h1-49H/i1D,2D,3D,5D,6D,7D,8D,9D,12D,13D,14D,15D,16D,18D,19D,20D,21D,22D,23D,24D,25D,26D,27D,28D,29D,31D,34D,35D,37D,38D,39D,40D,41D,42D,43D,45D,46D,49D. The van der Waals surface area contributed by atoms with Crippen LogP contribution in [0.15, 0.2) is 296 Å². The third-order valence-electron chi connectivity index (χ3n) is 13.0. The Morgan fingerprint density at radius 2 is 0.932 bits per heavy atom. The average Bonchev–Trinajstić information content (AvgIpc) is 1.52. The Morgan fingerprint density at radius 1 is 0.301 bits per heavy atom. The van der Waals surface area contributed by atoms with E-state index >= 15 is 0 Å². The molecule has 12 aromatic rings. The fourth-order valence-electron chi connectivity index (χ4n) is 10.1. The molecule has 0 amide bonds. The summed E-state index contributed by atoms with van der Waals surface area (Å²) in [6, 6.07) is -24.9. The van der Waals surface area contributed by atoms with Crippen molar-refractivity contribution in [2.24, 2.45) is 0 Å². The predicted octanol–water partition coefficient (Wildman–Crippen LogP) is 18.4. The van der Waals surface area contributed by atoms with E-state index < -0.39 is 352 Å². The molecule has 14 rings (SSSR count). The van der Waals surface area contributed by atoms with E-state index in [-0.39, 0.29) is 5.56 Å². The van der Waals surface area contributed by atoms with E-state index in [1.165, 1.54) is 0 Å². The van der Waals surface area contributed by atoms with Crippen LogP contribution >= 0.6 is 0 Å². The lowest BCUT2D eigenvalue weighted by Crippen LogP contribution is -2.28. The highest BCUT2D eigenvalue weighted by molar-refractivity contribution is 6.05. The van der Waals surface area contributed by atoms with Gasteiger partial charge in [-0.2, -0.15) is 0 Å². The minimum Gasteiger partial charge on any atom is -0.310 e. The van der Waals surface area contributed by atoms with E-state index in [4.69, 9.17) is 23.3 Å². The van der Waals surface area contributed by atoms with Gasteiger partial charge >= 0.3 is 0 Å². The average molecular weight is 966 g/mol. The minimum absolute atomic E-state index is 0.293. The molecule has 0 aromatic heterocycles. The first-order valence-electron chi connectivity index (χ1n) is 41.3. The Bertz CT molecular complexity index is 6170. The van der Waals surface area contributed by atoms with Crippen LogP contribution in [0.2, 0.25) is 0 Å². The van der Waals surface area contributed by atoms with Crippen molar-refractivity contribution in [3.8, 4) is 44.5 Å². The van der Waals surface area contributed by atoms with Crippen LogP contribution in [-0.4, -0.2) is 0 Å². The van der Waals surface area contributed by atoms with E-state index in [9.17, 15) is 28.8 Å². The molecule has 1 heteroatoms. The monoisotopic (exact) mass is 966 g/mol. The molecule has 1 atom stereocenters. The maximum atomic E-state index is 10.7. The fraction of sp³-hybridized carbons (Fsp3) is 0.0278. The molecule has 2 aliphatic carbocycles. The van der Waals surface area contributed by atoms with Gasteiger partial charge in [-0.15, -0.1) is 0 Å². The second kappa shape index (κ2) is 17.2. The van der Waals surface area contributed by atoms with Crippen LogP contribution in [0.25, 0.3) is 55.3 Å². The lowest BCUT2D eigenvalue weighted by Gasteiger charge is -2.35. The molecule has 12 aromatic carbocycles. The molecule has 0 spiro atoms. The van der Waals surface area contributed by atoms with Crippen molar-refractivity contribution < 1.29 is 52.1 Å². The van der Waals surface area contributed by atoms with E-state index in [0.717, 1.165) is 66.7 Å². The third kappa shape index (κ3) is 6.49. The molecule has 342 valence electrons. The molecule has 0 bridgehead atoms. The van der Waals surface area contributed by atoms with Gasteiger partial charge in [0.25, 0.3) is 0 Å². The normalized spacial score (nSPS) is 22.0. The van der Waals surface area contributed by atoms with E-state index in [1.807, 2.05) is 0 Å². The molecule has 1 nitrogen and oxygen atoms in total. The first-order chi connectivity index (χ1) is 51.9. The Labute approximate surface area is 481 Å². The van der Waals surface area contributed by atoms with Gasteiger partial charge in [0.1, 0.15) is 0 Å². The summed E-state index contributed by atoms with van der Waals surface area (Å²) < 4.78 is 359. The second-order valence-corrected chi connectivity index (χ2v) is 16.6. The van der Waals surface area contributed by atoms with Gasteiger partial charge in [0.2, 0.25) is 0 Å². The first kappa shape index (κ1) is 19.0. The van der Waals surface area contributed by atoms with Crippen LogP contribution in [0.1, 0.15) is 96.6 Å². The summed E-state index contributed by atoms with van der Waals surface area (Å²) >= 11 is 0. The molecule has 0 saturated carbocycles. The molecule has 1 unspecified atom stereocenters. The SMILES string of the molecule is [2H]c1cc([2H])c(C2(c3cc([2H])cc([2H])c3[2H])c3c(ccc(N(c4cc([2H])c([2H])c([2H])c4[2H])c4c([2H])c([2H])c(-c5c([2H])c([2H])c6c([2H])c([2H])ccc6c5-c5cc6c(c([2H])c5[2H])-c5c(cc([2H])c([2H])c5[2H])C6(c5c([2H])c([2H])c([2H])c([2H])c5[2H])c5c([2H])c([2H])c([2H])c([2H])c5[2H])c([2H])c4[2H])c3[2H])-c3c([2H])c([2H])c([2H])c([2H])c32)c([2H])c1. The minimum atomic E-state index is -3.05. The summed E-state index contributed by atoms with van der Waals surface area (Å²) in [6.07, 6.45) is 0. The van der Waals surface area contributed by atoms with Gasteiger partial charge in [-0.25, -0.2) is 0 Å². The van der Waals surface area contributed by atoms with Crippen molar-refractivity contribution in [3.63, 3.8) is 0 Å². The van der Waals surface area contributed by atoms with Gasteiger partial charge < -0.3 is 4.90 Å². The van der Waals surface area contributed by atoms with Gasteiger partial charge in [0.15, 0.2) is 0 Å². The number of nitrogens with zero attached hydrogens (tertiary/aromatic N) is 1. The quantitative estimate of drug-likeness (QED) is 0.139. The zero-order chi connectivity index (χ0) is 81.4. The van der Waals surface area contributed by atoms with Crippen LogP contribution in [0.5, 0.6) is 0 Å². The van der Waals surface area contributed by atoms with Gasteiger partial charge in [0.05, 0.1) is 62.9 Å². The second-order valence-electron chi connectivity index (χ2n) is 16.6. The van der Waals surface area contributed by atoms with Crippen molar-refractivity contribution in [2.45, 2.75) is 10.8 Å². The molecular weight excluding hydrogens is 879 g/mol. The predicted molar refractivity (Wildman–Crippen MR) is 304 cm³/mol. The zero-order valence-corrected chi connectivity index (χ0v) is 37.3. The Hall–Kier alpha value is -9.30. The van der Waals surface area contributed by atoms with Crippen LogP contribution in [0, 0.1) is 0 Å². The Balaban J connectivity index is 1.15. The van der Waals surface area contributed by atoms with Crippen LogP contribution in [0.3, 0.4) is 0 Å². The lowest BCUT2D eigenvalue weighted by atomic mass is 9.67. The highest BCUT2D eigenvalue weighted by Gasteiger charge is 2.47. The lowest BCUT2D eigenvalue weighted by molar-refractivity contribution is 0.768. The highest BCUT2D eigenvalue weighted by atomic mass is 15.1. The summed E-state index contributed by atoms with van der Waals surface area (Å²) in [4.78, 5) is 0.679. The first-order valence-corrected chi connectivity index (χ1v) is 22.3. The van der Waals surface area contributed by atoms with E-state index in [2.05, 4.69) is 0 Å². The molecule has 0 heterocycles. The number of fused-ring (bicyclic) bond motifs is 7. The molecule has 0 fully saturated rings. The van der Waals surface area contributed by atoms with Crippen molar-refractivity contribution in [1.29, 1.82) is 0 Å². The smallest absolute Gasteiger partial charge is 0.0714 e. The van der Waals surface area contributed by atoms with Crippen molar-refractivity contribution in [1.82, 2.24) is 0 Å². The molecule has 0 saturated heterocycles. The summed E-state index contributed by atoms with van der Waals surface area (Å²) in [6.45, 7) is 0. The maximum Gasteiger partial charge on any atom is 0.0714 e. The molecular formula is C72H49N. The van der Waals surface area contributed by atoms with Gasteiger partial charge in [-0.05, 0) is 142 Å². The highest BCUT2D eigenvalue weighted by Crippen LogP contribution is 2.59. The number of rotatable bonds is 9. The Morgan fingerprint density at radius 3 is 1.75 bits per heavy atom. The molecule has 0 aliphatic heterocycles. The van der Waals surface area contributed by atoms with Gasteiger partial charge in [-0.1, -0.05) is 254 Å². The maximum absolute atomic E-state index is 10.7. The third-order valence-corrected chi connectivity index (χ3v) is 13.0. The van der Waals surface area contributed by atoms with Crippen molar-refractivity contribution in [3.05, 3.63) is 341 Å². The molecule has 2 aliphatic rings. The van der Waals surface area contributed by atoms with Gasteiger partial charge in [0, 0.05) is 17.1 Å². The summed E-state index contributed by atoms with van der Waals surface area (Å²) in [5.41, 5.74) is -18.8. The topological polar surface area (TPSA) is 3.24 Å². The van der Waals surface area contributed by atoms with Crippen LogP contribution in [0.4, 0.5) is 17.1 Å². The Kier molecular flexibility index (Phi) is 4.49. The summed E-state index contributed by atoms with van der Waals surface area (Å²) in [7, 11) is 0. The number of benzene rings is 12. The largest absolute Gasteiger partial charge is 0.310 e. The number of hydrogen-bond acceptors (Lipinski definition) is 1. The van der Waals surface area contributed by atoms with Crippen molar-refractivity contribution in [2.75, 3.05) is 4.90 Å². The number of anilines is 3. The zero-order valence-electron chi connectivity index (χ0n) is 75.3.